The number of quaternary nitrogens is 1. The number of carbonyl (C=O) groups excluding carboxylic acids is 3. The standard InChI is InChI=1S/C80H153NO8/c1-6-8-10-12-14-16-18-20-22-24-26-28-30-32-33-34-35-36-37-38-39-40-41-42-43-44-45-47-48-50-52-54-56-58-60-62-64-66-68-70-77(82)87-74-76(75-88-80(79(84)85)86-73-72-81(3,4)5)89-78(83)71-69-67-65-63-61-59-57-55-53-51-49-46-31-29-27-25-23-21-19-17-15-13-11-9-7-2/h19,21,25,27,76,80H,6-18,20,22-24,26,28-75H2,1-5H3/b21-19-,27-25-. The van der Waals surface area contributed by atoms with Gasteiger partial charge in [0.15, 0.2) is 12.4 Å². The van der Waals surface area contributed by atoms with Gasteiger partial charge in [-0.15, -0.1) is 0 Å². The molecule has 0 heterocycles. The normalized spacial score (nSPS) is 12.7. The Morgan fingerprint density at radius 2 is 0.607 bits per heavy atom. The monoisotopic (exact) mass is 1260 g/mol. The van der Waals surface area contributed by atoms with E-state index in [9.17, 15) is 19.5 Å². The number of rotatable bonds is 75. The highest BCUT2D eigenvalue weighted by Gasteiger charge is 2.22. The van der Waals surface area contributed by atoms with Crippen molar-refractivity contribution in [3.63, 3.8) is 0 Å². The van der Waals surface area contributed by atoms with Crippen LogP contribution in [0.15, 0.2) is 24.3 Å². The van der Waals surface area contributed by atoms with Crippen molar-refractivity contribution in [1.82, 2.24) is 0 Å². The first kappa shape index (κ1) is 86.8. The average Bonchev–Trinajstić information content (AvgIpc) is 3.64. The van der Waals surface area contributed by atoms with Crippen LogP contribution in [0.1, 0.15) is 412 Å². The fraction of sp³-hybridized carbons (Fsp3) is 0.912. The zero-order valence-electron chi connectivity index (χ0n) is 60.3. The maximum atomic E-state index is 12.9. The second-order valence-electron chi connectivity index (χ2n) is 28.4. The highest BCUT2D eigenvalue weighted by molar-refractivity contribution is 5.70. The van der Waals surface area contributed by atoms with Gasteiger partial charge in [-0.25, -0.2) is 0 Å². The van der Waals surface area contributed by atoms with Gasteiger partial charge >= 0.3 is 11.9 Å². The summed E-state index contributed by atoms with van der Waals surface area (Å²) in [4.78, 5) is 37.5. The van der Waals surface area contributed by atoms with Gasteiger partial charge in [0.1, 0.15) is 13.2 Å². The number of esters is 2. The van der Waals surface area contributed by atoms with Crippen molar-refractivity contribution in [2.75, 3.05) is 47.5 Å². The molecular weight excluding hydrogens is 1100 g/mol. The predicted octanol–water partition coefficient (Wildman–Crippen LogP) is 23.6. The molecule has 9 heteroatoms. The fourth-order valence-corrected chi connectivity index (χ4v) is 12.2. The number of carboxylic acids is 1. The number of allylic oxidation sites excluding steroid dienone is 4. The fourth-order valence-electron chi connectivity index (χ4n) is 12.2. The Bertz CT molecular complexity index is 1510. The molecule has 0 saturated carbocycles. The first-order valence-corrected chi connectivity index (χ1v) is 39.5. The van der Waals surface area contributed by atoms with Crippen molar-refractivity contribution in [1.29, 1.82) is 0 Å². The van der Waals surface area contributed by atoms with E-state index in [1.165, 1.54) is 340 Å². The molecule has 0 bridgehead atoms. The van der Waals surface area contributed by atoms with Crippen LogP contribution < -0.4 is 5.11 Å². The minimum atomic E-state index is -1.62. The molecule has 0 saturated heterocycles. The summed E-state index contributed by atoms with van der Waals surface area (Å²) in [6, 6.07) is 0. The molecule has 0 N–H and O–H groups in total. The third-order valence-corrected chi connectivity index (χ3v) is 18.2. The van der Waals surface area contributed by atoms with E-state index in [4.69, 9.17) is 18.9 Å². The van der Waals surface area contributed by atoms with Gasteiger partial charge in [0, 0.05) is 12.8 Å². The molecule has 0 aliphatic carbocycles. The summed E-state index contributed by atoms with van der Waals surface area (Å²) in [5.74, 6) is -2.25. The number of aliphatic carboxylic acids is 1. The minimum Gasteiger partial charge on any atom is -0.545 e. The Labute approximate surface area is 554 Å². The smallest absolute Gasteiger partial charge is 0.306 e. The van der Waals surface area contributed by atoms with E-state index in [0.29, 0.717) is 23.9 Å². The molecule has 0 aromatic rings. The second-order valence-corrected chi connectivity index (χ2v) is 28.4. The van der Waals surface area contributed by atoms with Gasteiger partial charge in [0.05, 0.1) is 40.3 Å². The van der Waals surface area contributed by atoms with E-state index in [1.54, 1.807) is 0 Å². The van der Waals surface area contributed by atoms with Crippen molar-refractivity contribution in [3.05, 3.63) is 24.3 Å². The molecule has 9 nitrogen and oxygen atoms in total. The summed E-state index contributed by atoms with van der Waals surface area (Å²) < 4.78 is 22.9. The van der Waals surface area contributed by atoms with Gasteiger partial charge in [-0.3, -0.25) is 9.59 Å². The summed E-state index contributed by atoms with van der Waals surface area (Å²) in [6.45, 7) is 4.82. The van der Waals surface area contributed by atoms with Crippen LogP contribution in [0.2, 0.25) is 0 Å². The largest absolute Gasteiger partial charge is 0.545 e. The molecule has 526 valence electrons. The average molecular weight is 1260 g/mol. The Morgan fingerprint density at radius 3 is 0.888 bits per heavy atom. The van der Waals surface area contributed by atoms with E-state index in [0.717, 1.165) is 38.5 Å². The van der Waals surface area contributed by atoms with Crippen LogP contribution in [-0.4, -0.2) is 82.3 Å². The molecule has 0 amide bonds. The number of ether oxygens (including phenoxy) is 4. The maximum Gasteiger partial charge on any atom is 0.306 e. The molecule has 0 aliphatic heterocycles. The lowest BCUT2D eigenvalue weighted by molar-refractivity contribution is -0.870. The van der Waals surface area contributed by atoms with Crippen LogP contribution in [-0.2, 0) is 33.3 Å². The van der Waals surface area contributed by atoms with Crippen LogP contribution >= 0.6 is 0 Å². The number of carboxylic acid groups (broad SMARTS) is 1. The zero-order chi connectivity index (χ0) is 64.7. The van der Waals surface area contributed by atoms with Crippen LogP contribution in [0.5, 0.6) is 0 Å². The van der Waals surface area contributed by atoms with Crippen molar-refractivity contribution in [2.24, 2.45) is 0 Å². The van der Waals surface area contributed by atoms with Gasteiger partial charge in [0.2, 0.25) is 0 Å². The summed E-state index contributed by atoms with van der Waals surface area (Å²) in [5.41, 5.74) is 0. The molecule has 0 radical (unpaired) electrons. The van der Waals surface area contributed by atoms with Gasteiger partial charge in [0.25, 0.3) is 0 Å². The predicted molar refractivity (Wildman–Crippen MR) is 380 cm³/mol. The number of unbranched alkanes of at least 4 members (excludes halogenated alkanes) is 56. The Morgan fingerprint density at radius 1 is 0.337 bits per heavy atom. The first-order valence-electron chi connectivity index (χ1n) is 39.5. The quantitative estimate of drug-likeness (QED) is 0.0195. The number of nitrogens with zero attached hydrogens (tertiary/aromatic N) is 1. The SMILES string of the molecule is CCCCCCC/C=C\C/C=C\CCCCCCCCCCCCCCCC(=O)OC(COC(=O)CCCCCCCCCCCCCCCCCCCCCCCCCCCCCCCCCCCCCCCCC)COC(OCC[N+](C)(C)C)C(=O)[O-]. The third kappa shape index (κ3) is 73.1. The van der Waals surface area contributed by atoms with Gasteiger partial charge < -0.3 is 33.3 Å². The second kappa shape index (κ2) is 71.6. The molecular formula is C80H153NO8. The lowest BCUT2D eigenvalue weighted by atomic mass is 10.0. The first-order chi connectivity index (χ1) is 43.6. The van der Waals surface area contributed by atoms with Crippen molar-refractivity contribution in [2.45, 2.75) is 424 Å². The zero-order valence-corrected chi connectivity index (χ0v) is 60.3. The summed E-state index contributed by atoms with van der Waals surface area (Å²) in [6.07, 6.45) is 87.4. The van der Waals surface area contributed by atoms with Crippen LogP contribution in [0.3, 0.4) is 0 Å². The molecule has 0 spiro atoms. The molecule has 2 atom stereocenters. The van der Waals surface area contributed by atoms with E-state index in [2.05, 4.69) is 38.2 Å². The van der Waals surface area contributed by atoms with E-state index in [-0.39, 0.29) is 32.2 Å². The van der Waals surface area contributed by atoms with Crippen molar-refractivity contribution in [3.8, 4) is 0 Å². The topological polar surface area (TPSA) is 111 Å². The Kier molecular flexibility index (Phi) is 69.8. The van der Waals surface area contributed by atoms with E-state index in [1.807, 2.05) is 21.1 Å². The Hall–Kier alpha value is -2.23. The highest BCUT2D eigenvalue weighted by atomic mass is 16.7. The molecule has 89 heavy (non-hydrogen) atoms. The number of carbonyl (C=O) groups is 3. The molecule has 0 rings (SSSR count). The van der Waals surface area contributed by atoms with Crippen molar-refractivity contribution < 1.29 is 42.9 Å². The molecule has 0 aliphatic rings. The number of hydrogen-bond donors (Lipinski definition) is 0. The Balaban J connectivity index is 3.93. The molecule has 0 aromatic carbocycles. The van der Waals surface area contributed by atoms with Crippen LogP contribution in [0, 0.1) is 0 Å². The lowest BCUT2D eigenvalue weighted by Crippen LogP contribution is -2.44. The summed E-state index contributed by atoms with van der Waals surface area (Å²) >= 11 is 0. The summed E-state index contributed by atoms with van der Waals surface area (Å²) in [7, 11) is 5.95. The molecule has 0 aromatic heterocycles. The minimum absolute atomic E-state index is 0.151. The van der Waals surface area contributed by atoms with E-state index >= 15 is 0 Å². The van der Waals surface area contributed by atoms with Gasteiger partial charge in [-0.05, 0) is 44.9 Å². The number of hydrogen-bond acceptors (Lipinski definition) is 8. The molecule has 2 unspecified atom stereocenters. The molecule has 0 fully saturated rings. The lowest BCUT2D eigenvalue weighted by Gasteiger charge is -2.26. The third-order valence-electron chi connectivity index (χ3n) is 18.2. The van der Waals surface area contributed by atoms with E-state index < -0.39 is 24.3 Å². The van der Waals surface area contributed by atoms with Gasteiger partial charge in [-0.1, -0.05) is 378 Å². The maximum absolute atomic E-state index is 12.9. The number of likely N-dealkylation sites (N-methyl/N-ethyl adjacent to an activating group) is 1. The van der Waals surface area contributed by atoms with Crippen LogP contribution in [0.4, 0.5) is 0 Å². The van der Waals surface area contributed by atoms with Crippen molar-refractivity contribution >= 4 is 17.9 Å². The van der Waals surface area contributed by atoms with Crippen LogP contribution in [0.25, 0.3) is 0 Å². The summed E-state index contributed by atoms with van der Waals surface area (Å²) in [5, 5.41) is 11.8. The highest BCUT2D eigenvalue weighted by Crippen LogP contribution is 2.20. The van der Waals surface area contributed by atoms with Gasteiger partial charge in [-0.2, -0.15) is 0 Å².